The molecule has 1 aromatic carbocycles. The summed E-state index contributed by atoms with van der Waals surface area (Å²) in [7, 11) is 0. The lowest BCUT2D eigenvalue weighted by atomic mass is 10.2. The zero-order chi connectivity index (χ0) is 14.8. The van der Waals surface area contributed by atoms with Crippen molar-refractivity contribution in [2.75, 3.05) is 33.0 Å². The van der Waals surface area contributed by atoms with Gasteiger partial charge < -0.3 is 19.9 Å². The Morgan fingerprint density at radius 1 is 1.15 bits per heavy atom. The third-order valence-electron chi connectivity index (χ3n) is 2.50. The number of halogens is 2. The fourth-order valence-corrected chi connectivity index (χ4v) is 2.24. The molecule has 0 aliphatic rings. The molecule has 0 saturated heterocycles. The summed E-state index contributed by atoms with van der Waals surface area (Å²) in [5.74, 6) is 0.546. The van der Waals surface area contributed by atoms with Gasteiger partial charge in [-0.2, -0.15) is 0 Å². The van der Waals surface area contributed by atoms with E-state index >= 15 is 0 Å². The van der Waals surface area contributed by atoms with Gasteiger partial charge in [0.1, 0.15) is 0 Å². The molecule has 0 fully saturated rings. The van der Waals surface area contributed by atoms with Crippen molar-refractivity contribution in [3.63, 3.8) is 0 Å². The maximum absolute atomic E-state index is 8.56. The standard InChI is InChI=1S/C14H21Cl2NO3/c1-2-5-20-14-12(15)8-11(9-13(14)16)10-17-3-6-19-7-4-18/h8-9,17-18H,2-7,10H2,1H3. The minimum absolute atomic E-state index is 0.0461. The van der Waals surface area contributed by atoms with Crippen LogP contribution in [-0.2, 0) is 11.3 Å². The quantitative estimate of drug-likeness (QED) is 0.651. The van der Waals surface area contributed by atoms with Crippen molar-refractivity contribution in [2.24, 2.45) is 0 Å². The number of nitrogens with one attached hydrogen (secondary N) is 1. The van der Waals surface area contributed by atoms with E-state index in [0.717, 1.165) is 12.0 Å². The van der Waals surface area contributed by atoms with Crippen LogP contribution in [0.15, 0.2) is 12.1 Å². The highest BCUT2D eigenvalue weighted by Crippen LogP contribution is 2.34. The SMILES string of the molecule is CCCOc1c(Cl)cc(CNCCOCCO)cc1Cl. The van der Waals surface area contributed by atoms with Gasteiger partial charge in [0, 0.05) is 13.1 Å². The van der Waals surface area contributed by atoms with Crippen LogP contribution in [0.2, 0.25) is 10.0 Å². The molecule has 0 bridgehead atoms. The summed E-state index contributed by atoms with van der Waals surface area (Å²) >= 11 is 12.3. The van der Waals surface area contributed by atoms with Gasteiger partial charge in [-0.15, -0.1) is 0 Å². The predicted octanol–water partition coefficient (Wildman–Crippen LogP) is 2.88. The lowest BCUT2D eigenvalue weighted by Crippen LogP contribution is -2.20. The number of rotatable bonds is 10. The van der Waals surface area contributed by atoms with Gasteiger partial charge in [0.15, 0.2) is 5.75 Å². The molecule has 0 aliphatic heterocycles. The highest BCUT2D eigenvalue weighted by Gasteiger charge is 2.09. The molecule has 1 rings (SSSR count). The van der Waals surface area contributed by atoms with E-state index in [1.807, 2.05) is 19.1 Å². The lowest BCUT2D eigenvalue weighted by molar-refractivity contribution is 0.0938. The fraction of sp³-hybridized carbons (Fsp3) is 0.571. The largest absolute Gasteiger partial charge is 0.490 e. The molecule has 0 radical (unpaired) electrons. The molecule has 20 heavy (non-hydrogen) atoms. The lowest BCUT2D eigenvalue weighted by Gasteiger charge is -2.12. The molecule has 0 spiro atoms. The number of benzene rings is 1. The van der Waals surface area contributed by atoms with Gasteiger partial charge in [-0.05, 0) is 24.1 Å². The average molecular weight is 322 g/mol. The van der Waals surface area contributed by atoms with Crippen molar-refractivity contribution in [3.8, 4) is 5.75 Å². The minimum Gasteiger partial charge on any atom is -0.490 e. The van der Waals surface area contributed by atoms with Crippen LogP contribution in [-0.4, -0.2) is 38.1 Å². The van der Waals surface area contributed by atoms with Gasteiger partial charge in [0.05, 0.1) is 36.5 Å². The Morgan fingerprint density at radius 3 is 2.45 bits per heavy atom. The summed E-state index contributed by atoms with van der Waals surface area (Å²) < 4.78 is 10.7. The smallest absolute Gasteiger partial charge is 0.156 e. The second-order valence-electron chi connectivity index (χ2n) is 4.25. The summed E-state index contributed by atoms with van der Waals surface area (Å²) in [5, 5.41) is 12.8. The molecule has 4 nitrogen and oxygen atoms in total. The van der Waals surface area contributed by atoms with Crippen LogP contribution in [0.1, 0.15) is 18.9 Å². The van der Waals surface area contributed by atoms with Gasteiger partial charge in [-0.1, -0.05) is 30.1 Å². The van der Waals surface area contributed by atoms with Crippen molar-refractivity contribution >= 4 is 23.2 Å². The third kappa shape index (κ3) is 6.29. The van der Waals surface area contributed by atoms with Crippen LogP contribution in [0, 0.1) is 0 Å². The Kier molecular flexibility index (Phi) is 8.98. The Bertz CT molecular complexity index is 379. The first-order valence-electron chi connectivity index (χ1n) is 6.69. The highest BCUT2D eigenvalue weighted by atomic mass is 35.5. The molecule has 2 N–H and O–H groups in total. The molecule has 0 saturated carbocycles. The Hall–Kier alpha value is -0.520. The van der Waals surface area contributed by atoms with Gasteiger partial charge in [0.2, 0.25) is 0 Å². The van der Waals surface area contributed by atoms with Crippen LogP contribution >= 0.6 is 23.2 Å². The summed E-state index contributed by atoms with van der Waals surface area (Å²) in [4.78, 5) is 0. The van der Waals surface area contributed by atoms with E-state index in [1.165, 1.54) is 0 Å². The van der Waals surface area contributed by atoms with Gasteiger partial charge in [0.25, 0.3) is 0 Å². The normalized spacial score (nSPS) is 10.8. The van der Waals surface area contributed by atoms with Gasteiger partial charge in [-0.25, -0.2) is 0 Å². The van der Waals surface area contributed by atoms with E-state index < -0.39 is 0 Å². The maximum Gasteiger partial charge on any atom is 0.156 e. The monoisotopic (exact) mass is 321 g/mol. The van der Waals surface area contributed by atoms with E-state index in [9.17, 15) is 0 Å². The second-order valence-corrected chi connectivity index (χ2v) is 5.06. The van der Waals surface area contributed by atoms with E-state index in [4.69, 9.17) is 37.8 Å². The number of ether oxygens (including phenoxy) is 2. The van der Waals surface area contributed by atoms with Crippen molar-refractivity contribution in [2.45, 2.75) is 19.9 Å². The first kappa shape index (κ1) is 17.5. The first-order valence-corrected chi connectivity index (χ1v) is 7.44. The molecule has 0 aliphatic carbocycles. The number of aliphatic hydroxyl groups excluding tert-OH is 1. The van der Waals surface area contributed by atoms with Crippen LogP contribution in [0.3, 0.4) is 0 Å². The second kappa shape index (κ2) is 10.2. The van der Waals surface area contributed by atoms with Crippen LogP contribution < -0.4 is 10.1 Å². The molecular weight excluding hydrogens is 301 g/mol. The molecular formula is C14H21Cl2NO3. The summed E-state index contributed by atoms with van der Waals surface area (Å²) in [5.41, 5.74) is 0.992. The minimum atomic E-state index is 0.0461. The van der Waals surface area contributed by atoms with Gasteiger partial charge >= 0.3 is 0 Å². The average Bonchev–Trinajstić information content (AvgIpc) is 2.42. The molecule has 0 heterocycles. The number of aliphatic hydroxyl groups is 1. The maximum atomic E-state index is 8.56. The molecule has 0 atom stereocenters. The van der Waals surface area contributed by atoms with Crippen molar-refractivity contribution in [3.05, 3.63) is 27.7 Å². The van der Waals surface area contributed by atoms with Gasteiger partial charge in [-0.3, -0.25) is 0 Å². The first-order chi connectivity index (χ1) is 9.69. The Balaban J connectivity index is 2.43. The topological polar surface area (TPSA) is 50.7 Å². The molecule has 0 unspecified atom stereocenters. The molecule has 0 aromatic heterocycles. The Labute approximate surface area is 130 Å². The molecule has 1 aromatic rings. The summed E-state index contributed by atoms with van der Waals surface area (Å²) in [6, 6.07) is 3.69. The van der Waals surface area contributed by atoms with Crippen LogP contribution in [0.5, 0.6) is 5.75 Å². The van der Waals surface area contributed by atoms with Crippen molar-refractivity contribution in [1.82, 2.24) is 5.32 Å². The third-order valence-corrected chi connectivity index (χ3v) is 3.06. The van der Waals surface area contributed by atoms with Crippen LogP contribution in [0.25, 0.3) is 0 Å². The summed E-state index contributed by atoms with van der Waals surface area (Å²) in [6.45, 7) is 4.93. The van der Waals surface area contributed by atoms with Crippen molar-refractivity contribution in [1.29, 1.82) is 0 Å². The highest BCUT2D eigenvalue weighted by molar-refractivity contribution is 6.37. The molecule has 114 valence electrons. The number of hydrogen-bond donors (Lipinski definition) is 2. The number of hydrogen-bond acceptors (Lipinski definition) is 4. The van der Waals surface area contributed by atoms with Crippen LogP contribution in [0.4, 0.5) is 0 Å². The van der Waals surface area contributed by atoms with E-state index in [0.29, 0.717) is 48.7 Å². The van der Waals surface area contributed by atoms with E-state index in [2.05, 4.69) is 5.32 Å². The van der Waals surface area contributed by atoms with Crippen molar-refractivity contribution < 1.29 is 14.6 Å². The molecule has 6 heteroatoms. The van der Waals surface area contributed by atoms with E-state index in [1.54, 1.807) is 0 Å². The Morgan fingerprint density at radius 2 is 1.85 bits per heavy atom. The fourth-order valence-electron chi connectivity index (χ4n) is 1.60. The zero-order valence-electron chi connectivity index (χ0n) is 11.6. The predicted molar refractivity (Wildman–Crippen MR) is 81.9 cm³/mol. The molecule has 0 amide bonds. The van der Waals surface area contributed by atoms with E-state index in [-0.39, 0.29) is 6.61 Å². The summed E-state index contributed by atoms with van der Waals surface area (Å²) in [6.07, 6.45) is 0.907. The zero-order valence-corrected chi connectivity index (χ0v) is 13.1.